The summed E-state index contributed by atoms with van der Waals surface area (Å²) in [6.07, 6.45) is 3.77. The van der Waals surface area contributed by atoms with Crippen LogP contribution in [0.1, 0.15) is 32.7 Å². The molecule has 0 unspecified atom stereocenters. The summed E-state index contributed by atoms with van der Waals surface area (Å²) in [4.78, 5) is 20.3. The van der Waals surface area contributed by atoms with Crippen molar-refractivity contribution in [2.45, 2.75) is 26.1 Å². The minimum atomic E-state index is -0.0263. The third kappa shape index (κ3) is 2.82. The van der Waals surface area contributed by atoms with E-state index in [-0.39, 0.29) is 11.9 Å². The quantitative estimate of drug-likeness (QED) is 0.722. The van der Waals surface area contributed by atoms with Crippen LogP contribution in [0.5, 0.6) is 5.75 Å². The molecular formula is C19H19N3O2S. The molecule has 3 aromatic rings. The lowest BCUT2D eigenvalue weighted by molar-refractivity contribution is 0.0589. The van der Waals surface area contributed by atoms with Crippen molar-refractivity contribution in [3.05, 3.63) is 69.9 Å². The number of nitrogens with zero attached hydrogens (tertiary/aromatic N) is 3. The highest BCUT2D eigenvalue weighted by molar-refractivity contribution is 7.12. The number of hydrogen-bond acceptors (Lipinski definition) is 4. The third-order valence-electron chi connectivity index (χ3n) is 4.68. The van der Waals surface area contributed by atoms with Gasteiger partial charge >= 0.3 is 0 Å². The molecule has 0 spiro atoms. The summed E-state index contributed by atoms with van der Waals surface area (Å²) in [6.45, 7) is 3.20. The van der Waals surface area contributed by atoms with Crippen LogP contribution in [0.25, 0.3) is 0 Å². The van der Waals surface area contributed by atoms with Crippen molar-refractivity contribution < 1.29 is 9.53 Å². The number of amides is 1. The summed E-state index contributed by atoms with van der Waals surface area (Å²) in [5.41, 5.74) is 2.13. The zero-order valence-electron chi connectivity index (χ0n) is 14.2. The van der Waals surface area contributed by atoms with Gasteiger partial charge in [0.15, 0.2) is 0 Å². The Bertz CT molecular complexity index is 898. The van der Waals surface area contributed by atoms with Gasteiger partial charge in [-0.25, -0.2) is 4.98 Å². The average molecular weight is 353 g/mol. The van der Waals surface area contributed by atoms with Crippen molar-refractivity contribution in [2.24, 2.45) is 0 Å². The molecule has 25 heavy (non-hydrogen) atoms. The highest BCUT2D eigenvalue weighted by Gasteiger charge is 2.33. The Balaban J connectivity index is 1.73. The lowest BCUT2D eigenvalue weighted by Crippen LogP contribution is -2.41. The van der Waals surface area contributed by atoms with Gasteiger partial charge in [-0.05, 0) is 41.6 Å². The molecule has 0 aliphatic carbocycles. The van der Waals surface area contributed by atoms with E-state index in [0.717, 1.165) is 27.6 Å². The highest BCUT2D eigenvalue weighted by Crippen LogP contribution is 2.32. The van der Waals surface area contributed by atoms with Crippen molar-refractivity contribution in [1.29, 1.82) is 0 Å². The van der Waals surface area contributed by atoms with Crippen molar-refractivity contribution in [3.63, 3.8) is 0 Å². The molecule has 4 rings (SSSR count). The largest absolute Gasteiger partial charge is 0.497 e. The van der Waals surface area contributed by atoms with E-state index in [4.69, 9.17) is 4.74 Å². The molecule has 1 aromatic carbocycles. The monoisotopic (exact) mass is 353 g/mol. The summed E-state index contributed by atoms with van der Waals surface area (Å²) in [5.74, 6) is 1.81. The van der Waals surface area contributed by atoms with Crippen molar-refractivity contribution in [2.75, 3.05) is 7.11 Å². The van der Waals surface area contributed by atoms with Gasteiger partial charge in [-0.15, -0.1) is 11.3 Å². The molecule has 0 bridgehead atoms. The molecule has 0 saturated carbocycles. The minimum absolute atomic E-state index is 0.0263. The first-order valence-electron chi connectivity index (χ1n) is 8.16. The SMILES string of the molecule is COc1ccc([C@H]2Cn3ccnc3CN2C(=O)c2sccc2C)cc1. The molecule has 1 amide bonds. The molecule has 2 aromatic heterocycles. The van der Waals surface area contributed by atoms with Gasteiger partial charge in [0.1, 0.15) is 11.6 Å². The summed E-state index contributed by atoms with van der Waals surface area (Å²) >= 11 is 1.50. The van der Waals surface area contributed by atoms with Crippen LogP contribution >= 0.6 is 11.3 Å². The number of ether oxygens (including phenoxy) is 1. The van der Waals surface area contributed by atoms with Crippen LogP contribution in [0.4, 0.5) is 0 Å². The van der Waals surface area contributed by atoms with Crippen molar-refractivity contribution in [3.8, 4) is 5.75 Å². The number of thiophene rings is 1. The Hall–Kier alpha value is -2.60. The number of aryl methyl sites for hydroxylation is 1. The normalized spacial score (nSPS) is 16.6. The molecule has 0 saturated heterocycles. The van der Waals surface area contributed by atoms with E-state index < -0.39 is 0 Å². The van der Waals surface area contributed by atoms with Crippen LogP contribution in [-0.2, 0) is 13.1 Å². The van der Waals surface area contributed by atoms with Gasteiger partial charge in [0, 0.05) is 18.9 Å². The molecule has 1 aliphatic rings. The number of benzene rings is 1. The maximum Gasteiger partial charge on any atom is 0.265 e. The first-order chi connectivity index (χ1) is 12.2. The molecule has 1 aliphatic heterocycles. The second kappa shape index (κ2) is 6.37. The minimum Gasteiger partial charge on any atom is -0.497 e. The number of imidazole rings is 1. The van der Waals surface area contributed by atoms with E-state index >= 15 is 0 Å². The van der Waals surface area contributed by atoms with Gasteiger partial charge < -0.3 is 14.2 Å². The number of carbonyl (C=O) groups is 1. The molecule has 0 radical (unpaired) electrons. The molecule has 1 atom stereocenters. The zero-order chi connectivity index (χ0) is 17.4. The molecule has 0 N–H and O–H groups in total. The standard InChI is InChI=1S/C19H19N3O2S/c1-13-7-10-25-18(13)19(23)22-12-17-20-8-9-21(17)11-16(22)14-3-5-15(24-2)6-4-14/h3-10,16H,11-12H2,1-2H3/t16-/m1/s1. The lowest BCUT2D eigenvalue weighted by atomic mass is 10.0. The number of fused-ring (bicyclic) bond motifs is 1. The number of carbonyl (C=O) groups excluding carboxylic acids is 1. The Morgan fingerprint density at radius 1 is 1.28 bits per heavy atom. The topological polar surface area (TPSA) is 47.4 Å². The van der Waals surface area contributed by atoms with Gasteiger partial charge in [0.2, 0.25) is 0 Å². The number of hydrogen-bond donors (Lipinski definition) is 0. The summed E-state index contributed by atoms with van der Waals surface area (Å²) in [5, 5.41) is 1.97. The van der Waals surface area contributed by atoms with Crippen LogP contribution < -0.4 is 4.74 Å². The van der Waals surface area contributed by atoms with Gasteiger partial charge in [0.25, 0.3) is 5.91 Å². The van der Waals surface area contributed by atoms with E-state index in [9.17, 15) is 4.79 Å². The number of rotatable bonds is 3. The highest BCUT2D eigenvalue weighted by atomic mass is 32.1. The molecule has 6 heteroatoms. The van der Waals surface area contributed by atoms with Gasteiger partial charge in [-0.2, -0.15) is 0 Å². The summed E-state index contributed by atoms with van der Waals surface area (Å²) in [7, 11) is 1.66. The zero-order valence-corrected chi connectivity index (χ0v) is 15.0. The molecule has 128 valence electrons. The number of aromatic nitrogens is 2. The van der Waals surface area contributed by atoms with Gasteiger partial charge in [-0.3, -0.25) is 4.79 Å². The summed E-state index contributed by atoms with van der Waals surface area (Å²) < 4.78 is 7.38. The van der Waals surface area contributed by atoms with E-state index in [1.165, 1.54) is 11.3 Å². The van der Waals surface area contributed by atoms with E-state index in [1.54, 1.807) is 13.3 Å². The van der Waals surface area contributed by atoms with Crippen molar-refractivity contribution in [1.82, 2.24) is 14.5 Å². The first-order valence-corrected chi connectivity index (χ1v) is 9.04. The Kier molecular flexibility index (Phi) is 4.05. The fourth-order valence-electron chi connectivity index (χ4n) is 3.25. The lowest BCUT2D eigenvalue weighted by Gasteiger charge is -2.36. The van der Waals surface area contributed by atoms with Crippen LogP contribution in [0.15, 0.2) is 48.1 Å². The Morgan fingerprint density at radius 2 is 2.08 bits per heavy atom. The Labute approximate surface area is 150 Å². The van der Waals surface area contributed by atoms with E-state index in [0.29, 0.717) is 13.1 Å². The predicted molar refractivity (Wildman–Crippen MR) is 96.9 cm³/mol. The second-order valence-corrected chi connectivity index (χ2v) is 7.07. The maximum absolute atomic E-state index is 13.2. The summed E-state index contributed by atoms with van der Waals surface area (Å²) in [6, 6.07) is 9.92. The average Bonchev–Trinajstić information content (AvgIpc) is 3.28. The molecule has 3 heterocycles. The predicted octanol–water partition coefficient (Wildman–Crippen LogP) is 3.66. The van der Waals surface area contributed by atoms with Crippen molar-refractivity contribution >= 4 is 17.2 Å². The van der Waals surface area contributed by atoms with Crippen LogP contribution in [0.3, 0.4) is 0 Å². The van der Waals surface area contributed by atoms with Crippen LogP contribution in [-0.4, -0.2) is 27.5 Å². The molecule has 5 nitrogen and oxygen atoms in total. The van der Waals surface area contributed by atoms with E-state index in [2.05, 4.69) is 9.55 Å². The van der Waals surface area contributed by atoms with Crippen LogP contribution in [0, 0.1) is 6.92 Å². The van der Waals surface area contributed by atoms with Gasteiger partial charge in [0.05, 0.1) is 24.6 Å². The van der Waals surface area contributed by atoms with E-state index in [1.807, 2.05) is 53.7 Å². The second-order valence-electron chi connectivity index (χ2n) is 6.15. The maximum atomic E-state index is 13.2. The third-order valence-corrected chi connectivity index (χ3v) is 5.68. The molecular weight excluding hydrogens is 334 g/mol. The fourth-order valence-corrected chi connectivity index (χ4v) is 4.13. The van der Waals surface area contributed by atoms with Gasteiger partial charge in [-0.1, -0.05) is 12.1 Å². The fraction of sp³-hybridized carbons (Fsp3) is 0.263. The first kappa shape index (κ1) is 15.9. The number of methoxy groups -OCH3 is 1. The Morgan fingerprint density at radius 3 is 2.76 bits per heavy atom. The molecule has 0 fully saturated rings. The van der Waals surface area contributed by atoms with Crippen LogP contribution in [0.2, 0.25) is 0 Å². The smallest absolute Gasteiger partial charge is 0.265 e.